The molecule has 154 valence electrons. The van der Waals surface area contributed by atoms with Gasteiger partial charge in [0.15, 0.2) is 0 Å². The van der Waals surface area contributed by atoms with E-state index in [0.29, 0.717) is 18.8 Å². The van der Waals surface area contributed by atoms with Gasteiger partial charge in [-0.1, -0.05) is 91.0 Å². The number of rotatable bonds is 5. The van der Waals surface area contributed by atoms with Crippen molar-refractivity contribution in [3.63, 3.8) is 0 Å². The van der Waals surface area contributed by atoms with E-state index >= 15 is 0 Å². The van der Waals surface area contributed by atoms with Gasteiger partial charge in [-0.3, -0.25) is 4.99 Å². The first-order chi connectivity index (χ1) is 15.3. The Morgan fingerprint density at radius 2 is 1.29 bits per heavy atom. The summed E-state index contributed by atoms with van der Waals surface area (Å²) in [6.07, 6.45) is 0. The number of aromatic nitrogens is 2. The van der Waals surface area contributed by atoms with Gasteiger partial charge in [-0.15, -0.1) is 4.37 Å². The Kier molecular flexibility index (Phi) is 5.22. The van der Waals surface area contributed by atoms with Crippen LogP contribution in [0, 0.1) is 0 Å². The zero-order valence-corrected chi connectivity index (χ0v) is 17.7. The molecule has 1 unspecified atom stereocenters. The van der Waals surface area contributed by atoms with E-state index in [1.807, 2.05) is 18.2 Å². The van der Waals surface area contributed by atoms with Crippen molar-refractivity contribution in [2.75, 3.05) is 13.1 Å². The third kappa shape index (κ3) is 3.39. The first-order valence-corrected chi connectivity index (χ1v) is 11.0. The van der Waals surface area contributed by atoms with Crippen LogP contribution >= 0.6 is 11.7 Å². The lowest BCUT2D eigenvalue weighted by Gasteiger charge is -2.39. The van der Waals surface area contributed by atoms with Crippen molar-refractivity contribution in [3.05, 3.63) is 113 Å². The Labute approximate surface area is 185 Å². The van der Waals surface area contributed by atoms with Crippen molar-refractivity contribution in [1.29, 1.82) is 0 Å². The van der Waals surface area contributed by atoms with Gasteiger partial charge in [0, 0.05) is 12.5 Å². The Morgan fingerprint density at radius 1 is 0.774 bits per heavy atom. The van der Waals surface area contributed by atoms with Crippen LogP contribution in [0.15, 0.2) is 96.0 Å². The maximum absolute atomic E-state index is 10.0. The topological polar surface area (TPSA) is 70.4 Å². The highest BCUT2D eigenvalue weighted by molar-refractivity contribution is 6.99. The second kappa shape index (κ2) is 8.32. The molecule has 5 nitrogen and oxygen atoms in total. The van der Waals surface area contributed by atoms with Gasteiger partial charge in [-0.25, -0.2) is 0 Å². The molecular weight excluding hydrogens is 404 g/mol. The minimum absolute atomic E-state index is 0.0101. The Hall–Kier alpha value is -3.51. The van der Waals surface area contributed by atoms with E-state index in [1.165, 1.54) is 0 Å². The van der Waals surface area contributed by atoms with Gasteiger partial charge in [0.1, 0.15) is 16.9 Å². The van der Waals surface area contributed by atoms with E-state index in [9.17, 15) is 5.11 Å². The maximum atomic E-state index is 10.0. The van der Waals surface area contributed by atoms with Crippen molar-refractivity contribution < 1.29 is 5.11 Å². The number of amidine groups is 1. The molecule has 0 radical (unpaired) electrons. The smallest absolute Gasteiger partial charge is 0.247 e. The molecule has 2 N–H and O–H groups in total. The molecule has 31 heavy (non-hydrogen) atoms. The quantitative estimate of drug-likeness (QED) is 0.465. The SMILES string of the molecule is Oc1nsnc1C1CN=C(C(c2ccccc2)(c2ccccc2)c2ccccc2)NC1. The molecule has 0 saturated carbocycles. The average Bonchev–Trinajstić information content (AvgIpc) is 3.28. The molecule has 0 fully saturated rings. The second-order valence-electron chi connectivity index (χ2n) is 7.59. The van der Waals surface area contributed by atoms with Crippen LogP contribution in [0.3, 0.4) is 0 Å². The zero-order chi connectivity index (χ0) is 21.1. The summed E-state index contributed by atoms with van der Waals surface area (Å²) in [5, 5.41) is 13.6. The predicted molar refractivity (Wildman–Crippen MR) is 124 cm³/mol. The normalized spacial score (nSPS) is 16.4. The van der Waals surface area contributed by atoms with Crippen LogP contribution in [0.1, 0.15) is 28.3 Å². The molecule has 4 aromatic rings. The van der Waals surface area contributed by atoms with E-state index in [-0.39, 0.29) is 11.8 Å². The fourth-order valence-electron chi connectivity index (χ4n) is 4.40. The lowest BCUT2D eigenvalue weighted by molar-refractivity contribution is 0.441. The van der Waals surface area contributed by atoms with Crippen molar-refractivity contribution in [1.82, 2.24) is 14.1 Å². The Balaban J connectivity index is 1.69. The average molecular weight is 427 g/mol. The summed E-state index contributed by atoms with van der Waals surface area (Å²) in [7, 11) is 0. The van der Waals surface area contributed by atoms with Gasteiger partial charge in [0.25, 0.3) is 0 Å². The van der Waals surface area contributed by atoms with Crippen molar-refractivity contribution in [3.8, 4) is 5.88 Å². The van der Waals surface area contributed by atoms with Gasteiger partial charge in [0.2, 0.25) is 5.88 Å². The molecule has 1 atom stereocenters. The highest BCUT2D eigenvalue weighted by atomic mass is 32.1. The number of hydrogen-bond donors (Lipinski definition) is 2. The van der Waals surface area contributed by atoms with Gasteiger partial charge >= 0.3 is 0 Å². The van der Waals surface area contributed by atoms with Crippen LogP contribution in [0.2, 0.25) is 0 Å². The standard InChI is InChI=1S/C25H22N4OS/c30-23-22(28-31-29-23)18-16-26-24(27-17-18)25(19-10-4-1-5-11-19,20-12-6-2-7-13-20)21-14-8-3-9-15-21/h1-15,18H,16-17H2,(H,26,27)(H,29,30). The van der Waals surface area contributed by atoms with Crippen LogP contribution < -0.4 is 5.32 Å². The van der Waals surface area contributed by atoms with E-state index < -0.39 is 5.41 Å². The highest BCUT2D eigenvalue weighted by Crippen LogP contribution is 2.41. The number of benzene rings is 3. The first-order valence-electron chi connectivity index (χ1n) is 10.3. The molecule has 1 aliphatic rings. The summed E-state index contributed by atoms with van der Waals surface area (Å²) >= 11 is 1.03. The fraction of sp³-hybridized carbons (Fsp3) is 0.160. The summed E-state index contributed by atoms with van der Waals surface area (Å²) < 4.78 is 8.18. The second-order valence-corrected chi connectivity index (χ2v) is 8.12. The molecule has 5 rings (SSSR count). The van der Waals surface area contributed by atoms with Crippen LogP contribution in [0.4, 0.5) is 0 Å². The van der Waals surface area contributed by atoms with Gasteiger partial charge in [-0.05, 0) is 16.7 Å². The Bertz CT molecular complexity index is 1080. The molecule has 0 aliphatic carbocycles. The molecule has 3 aromatic carbocycles. The van der Waals surface area contributed by atoms with E-state index in [0.717, 1.165) is 34.3 Å². The summed E-state index contributed by atoms with van der Waals surface area (Å²) in [6.45, 7) is 1.17. The molecule has 0 saturated heterocycles. The zero-order valence-electron chi connectivity index (χ0n) is 16.8. The molecule has 0 amide bonds. The lowest BCUT2D eigenvalue weighted by atomic mass is 9.68. The first kappa shape index (κ1) is 19.5. The van der Waals surface area contributed by atoms with E-state index in [1.54, 1.807) is 0 Å². The lowest BCUT2D eigenvalue weighted by Crippen LogP contribution is -2.50. The van der Waals surface area contributed by atoms with Crippen molar-refractivity contribution in [2.45, 2.75) is 11.3 Å². The third-order valence-corrected chi connectivity index (χ3v) is 6.38. The number of nitrogens with zero attached hydrogens (tertiary/aromatic N) is 3. The predicted octanol–water partition coefficient (Wildman–Crippen LogP) is 4.36. The molecule has 1 aromatic heterocycles. The van der Waals surface area contributed by atoms with Crippen molar-refractivity contribution >= 4 is 17.6 Å². The highest BCUT2D eigenvalue weighted by Gasteiger charge is 2.43. The molecule has 6 heteroatoms. The number of aliphatic imine (C=N–C) groups is 1. The van der Waals surface area contributed by atoms with Gasteiger partial charge < -0.3 is 10.4 Å². The fourth-order valence-corrected chi connectivity index (χ4v) is 4.93. The molecular formula is C25H22N4OS. The van der Waals surface area contributed by atoms with Crippen LogP contribution in [0.5, 0.6) is 5.88 Å². The molecule has 0 bridgehead atoms. The molecule has 0 spiro atoms. The minimum atomic E-state index is -0.572. The van der Waals surface area contributed by atoms with Gasteiger partial charge in [-0.2, -0.15) is 4.37 Å². The summed E-state index contributed by atoms with van der Waals surface area (Å²) in [6, 6.07) is 31.5. The van der Waals surface area contributed by atoms with Crippen LogP contribution in [-0.4, -0.2) is 32.8 Å². The third-order valence-electron chi connectivity index (χ3n) is 5.84. The molecule has 1 aliphatic heterocycles. The number of aromatic hydroxyl groups is 1. The summed E-state index contributed by atoms with van der Waals surface area (Å²) in [5.41, 5.74) is 3.49. The Morgan fingerprint density at radius 3 is 1.68 bits per heavy atom. The number of hydrogen-bond acceptors (Lipinski definition) is 6. The monoisotopic (exact) mass is 426 g/mol. The number of nitrogens with one attached hydrogen (secondary N) is 1. The summed E-state index contributed by atoms with van der Waals surface area (Å²) in [5.74, 6) is 0.897. The maximum Gasteiger partial charge on any atom is 0.247 e. The van der Waals surface area contributed by atoms with Gasteiger partial charge in [0.05, 0.1) is 18.3 Å². The molecule has 2 heterocycles. The van der Waals surface area contributed by atoms with Crippen LogP contribution in [-0.2, 0) is 5.41 Å². The van der Waals surface area contributed by atoms with E-state index in [4.69, 9.17) is 4.99 Å². The van der Waals surface area contributed by atoms with Crippen LogP contribution in [0.25, 0.3) is 0 Å². The largest absolute Gasteiger partial charge is 0.491 e. The minimum Gasteiger partial charge on any atom is -0.491 e. The summed E-state index contributed by atoms with van der Waals surface area (Å²) in [4.78, 5) is 5.04. The van der Waals surface area contributed by atoms with E-state index in [2.05, 4.69) is 86.9 Å². The van der Waals surface area contributed by atoms with Crippen molar-refractivity contribution in [2.24, 2.45) is 4.99 Å².